The first-order valence-corrected chi connectivity index (χ1v) is 12.4. The van der Waals surface area contributed by atoms with Crippen LogP contribution in [0.15, 0.2) is 59.1 Å². The standard InChI is InChI=1S/C26H31BrN2O2/c27-22-8-4-5-9-24(22)31-23(21-6-2-1-3-7-21)10-11-28-25(30)29-26-15-18-12-19(16-26)14-20(13-18)17-26/h1-9,18-20,23H,10-17H2,(H2,28,29,30). The number of urea groups is 1. The fourth-order valence-corrected chi connectivity index (χ4v) is 6.90. The van der Waals surface area contributed by atoms with Gasteiger partial charge in [-0.25, -0.2) is 4.79 Å². The van der Waals surface area contributed by atoms with Gasteiger partial charge in [0.1, 0.15) is 11.9 Å². The lowest BCUT2D eigenvalue weighted by molar-refractivity contribution is -0.0135. The maximum absolute atomic E-state index is 12.8. The number of para-hydroxylation sites is 1. The molecule has 2 aromatic carbocycles. The van der Waals surface area contributed by atoms with Crippen molar-refractivity contribution in [3.05, 3.63) is 64.6 Å². The molecule has 1 unspecified atom stereocenters. The molecule has 2 N–H and O–H groups in total. The van der Waals surface area contributed by atoms with E-state index >= 15 is 0 Å². The van der Waals surface area contributed by atoms with Crippen molar-refractivity contribution in [1.29, 1.82) is 0 Å². The third kappa shape index (κ3) is 4.77. The number of ether oxygens (including phenoxy) is 1. The van der Waals surface area contributed by atoms with Gasteiger partial charge < -0.3 is 15.4 Å². The molecule has 0 aliphatic heterocycles. The average molecular weight is 483 g/mol. The minimum Gasteiger partial charge on any atom is -0.484 e. The van der Waals surface area contributed by atoms with E-state index in [1.165, 1.54) is 38.5 Å². The second kappa shape index (κ2) is 8.85. The summed E-state index contributed by atoms with van der Waals surface area (Å²) in [6.07, 6.45) is 8.24. The molecule has 6 rings (SSSR count). The first-order valence-electron chi connectivity index (χ1n) is 11.6. The second-order valence-electron chi connectivity index (χ2n) is 9.82. The van der Waals surface area contributed by atoms with Crippen molar-refractivity contribution < 1.29 is 9.53 Å². The highest BCUT2D eigenvalue weighted by atomic mass is 79.9. The highest BCUT2D eigenvalue weighted by molar-refractivity contribution is 9.10. The first kappa shape index (κ1) is 20.9. The maximum Gasteiger partial charge on any atom is 0.315 e. The monoisotopic (exact) mass is 482 g/mol. The largest absolute Gasteiger partial charge is 0.484 e. The predicted molar refractivity (Wildman–Crippen MR) is 126 cm³/mol. The third-order valence-corrected chi connectivity index (χ3v) is 8.04. The van der Waals surface area contributed by atoms with Gasteiger partial charge in [0.05, 0.1) is 4.47 Å². The summed E-state index contributed by atoms with van der Waals surface area (Å²) >= 11 is 3.57. The van der Waals surface area contributed by atoms with Crippen LogP contribution >= 0.6 is 15.9 Å². The Balaban J connectivity index is 1.19. The smallest absolute Gasteiger partial charge is 0.315 e. The lowest BCUT2D eigenvalue weighted by atomic mass is 9.53. The molecule has 4 bridgehead atoms. The van der Waals surface area contributed by atoms with Crippen LogP contribution in [0.25, 0.3) is 0 Å². The van der Waals surface area contributed by atoms with Gasteiger partial charge in [-0.1, -0.05) is 42.5 Å². The highest BCUT2D eigenvalue weighted by Gasteiger charge is 2.51. The van der Waals surface area contributed by atoms with Crippen LogP contribution in [0.5, 0.6) is 5.75 Å². The van der Waals surface area contributed by atoms with E-state index in [9.17, 15) is 4.79 Å². The molecule has 5 heteroatoms. The van der Waals surface area contributed by atoms with Crippen LogP contribution in [0.2, 0.25) is 0 Å². The zero-order valence-electron chi connectivity index (χ0n) is 17.9. The highest BCUT2D eigenvalue weighted by Crippen LogP contribution is 2.55. The number of rotatable bonds is 7. The number of benzene rings is 2. The van der Waals surface area contributed by atoms with E-state index in [-0.39, 0.29) is 17.7 Å². The van der Waals surface area contributed by atoms with Gasteiger partial charge in [0, 0.05) is 18.5 Å². The van der Waals surface area contributed by atoms with Gasteiger partial charge in [-0.05, 0) is 89.9 Å². The van der Waals surface area contributed by atoms with E-state index in [1.807, 2.05) is 42.5 Å². The van der Waals surface area contributed by atoms with Gasteiger partial charge in [-0.2, -0.15) is 0 Å². The summed E-state index contributed by atoms with van der Waals surface area (Å²) in [5.41, 5.74) is 1.16. The molecule has 4 nitrogen and oxygen atoms in total. The molecule has 4 aliphatic carbocycles. The Morgan fingerprint density at radius 1 is 0.968 bits per heavy atom. The molecule has 0 spiro atoms. The minimum atomic E-state index is -0.125. The molecular weight excluding hydrogens is 452 g/mol. The number of nitrogens with one attached hydrogen (secondary N) is 2. The Kier molecular flexibility index (Phi) is 5.96. The van der Waals surface area contributed by atoms with E-state index in [2.05, 4.69) is 38.7 Å². The van der Waals surface area contributed by atoms with Crippen molar-refractivity contribution in [1.82, 2.24) is 10.6 Å². The number of carbonyl (C=O) groups is 1. The molecule has 31 heavy (non-hydrogen) atoms. The molecule has 0 heterocycles. The summed E-state index contributed by atoms with van der Waals surface area (Å²) in [4.78, 5) is 12.8. The normalized spacial score (nSPS) is 29.4. The summed E-state index contributed by atoms with van der Waals surface area (Å²) in [7, 11) is 0. The summed E-state index contributed by atoms with van der Waals surface area (Å²) in [6, 6.07) is 18.1. The van der Waals surface area contributed by atoms with Crippen molar-refractivity contribution in [3.63, 3.8) is 0 Å². The van der Waals surface area contributed by atoms with Gasteiger partial charge in [0.2, 0.25) is 0 Å². The quantitative estimate of drug-likeness (QED) is 0.491. The zero-order chi connectivity index (χ0) is 21.3. The third-order valence-electron chi connectivity index (χ3n) is 7.39. The number of hydrogen-bond donors (Lipinski definition) is 2. The molecule has 164 valence electrons. The molecular formula is C26H31BrN2O2. The van der Waals surface area contributed by atoms with E-state index < -0.39 is 0 Å². The topological polar surface area (TPSA) is 50.4 Å². The lowest BCUT2D eigenvalue weighted by Gasteiger charge is -2.56. The van der Waals surface area contributed by atoms with Crippen LogP contribution in [-0.2, 0) is 0 Å². The van der Waals surface area contributed by atoms with Crippen LogP contribution in [0.3, 0.4) is 0 Å². The van der Waals surface area contributed by atoms with Gasteiger partial charge in [-0.3, -0.25) is 0 Å². The van der Waals surface area contributed by atoms with Gasteiger partial charge in [0.25, 0.3) is 0 Å². The molecule has 2 aromatic rings. The molecule has 0 saturated heterocycles. The van der Waals surface area contributed by atoms with E-state index in [0.29, 0.717) is 13.0 Å². The van der Waals surface area contributed by atoms with Crippen molar-refractivity contribution in [2.45, 2.75) is 56.6 Å². The minimum absolute atomic E-state index is 0.0188. The van der Waals surface area contributed by atoms with Gasteiger partial charge in [-0.15, -0.1) is 0 Å². The maximum atomic E-state index is 12.8. The van der Waals surface area contributed by atoms with E-state index in [0.717, 1.165) is 33.5 Å². The van der Waals surface area contributed by atoms with E-state index in [1.54, 1.807) is 0 Å². The Morgan fingerprint density at radius 3 is 2.23 bits per heavy atom. The average Bonchev–Trinajstić information content (AvgIpc) is 2.74. The SMILES string of the molecule is O=C(NCCC(Oc1ccccc1Br)c1ccccc1)NC12CC3CC(CC(C3)C1)C2. The van der Waals surface area contributed by atoms with Crippen LogP contribution in [-0.4, -0.2) is 18.1 Å². The predicted octanol–water partition coefficient (Wildman–Crippen LogP) is 6.23. The first-order chi connectivity index (χ1) is 15.1. The molecule has 1 atom stereocenters. The summed E-state index contributed by atoms with van der Waals surface area (Å²) in [5.74, 6) is 3.29. The summed E-state index contributed by atoms with van der Waals surface area (Å²) in [6.45, 7) is 0.572. The number of hydrogen-bond acceptors (Lipinski definition) is 2. The number of halogens is 1. The van der Waals surface area contributed by atoms with Crippen molar-refractivity contribution >= 4 is 22.0 Å². The zero-order valence-corrected chi connectivity index (χ0v) is 19.4. The van der Waals surface area contributed by atoms with Crippen molar-refractivity contribution in [2.75, 3.05) is 6.54 Å². The molecule has 4 saturated carbocycles. The number of carbonyl (C=O) groups excluding carboxylic acids is 1. The Morgan fingerprint density at radius 2 is 1.58 bits per heavy atom. The Hall–Kier alpha value is -2.01. The molecule has 0 radical (unpaired) electrons. The van der Waals surface area contributed by atoms with Crippen molar-refractivity contribution in [3.8, 4) is 5.75 Å². The van der Waals surface area contributed by atoms with Crippen LogP contribution in [0.1, 0.15) is 56.6 Å². The Labute approximate surface area is 193 Å². The summed E-state index contributed by atoms with van der Waals surface area (Å²) < 4.78 is 7.26. The lowest BCUT2D eigenvalue weighted by Crippen LogP contribution is -2.61. The summed E-state index contributed by atoms with van der Waals surface area (Å²) in [5, 5.41) is 6.52. The van der Waals surface area contributed by atoms with Crippen molar-refractivity contribution in [2.24, 2.45) is 17.8 Å². The van der Waals surface area contributed by atoms with Crippen LogP contribution in [0, 0.1) is 17.8 Å². The fourth-order valence-electron chi connectivity index (χ4n) is 6.52. The Bertz CT molecular complexity index is 881. The fraction of sp³-hybridized carbons (Fsp3) is 0.500. The van der Waals surface area contributed by atoms with Crippen LogP contribution < -0.4 is 15.4 Å². The van der Waals surface area contributed by atoms with Gasteiger partial charge >= 0.3 is 6.03 Å². The van der Waals surface area contributed by atoms with E-state index in [4.69, 9.17) is 4.74 Å². The molecule has 4 aliphatic rings. The molecule has 2 amide bonds. The molecule has 4 fully saturated rings. The van der Waals surface area contributed by atoms with Gasteiger partial charge in [0.15, 0.2) is 0 Å². The number of amides is 2. The van der Waals surface area contributed by atoms with Crippen LogP contribution in [0.4, 0.5) is 4.79 Å². The molecule has 0 aromatic heterocycles. The second-order valence-corrected chi connectivity index (χ2v) is 10.7.